The Hall–Kier alpha value is -3.48. The van der Waals surface area contributed by atoms with E-state index in [4.69, 9.17) is 0 Å². The molecule has 1 atom stereocenters. The normalized spacial score (nSPS) is 16.6. The number of amides is 4. The zero-order valence-electron chi connectivity index (χ0n) is 16.8. The molecule has 4 rings (SSSR count). The first-order chi connectivity index (χ1) is 14.5. The summed E-state index contributed by atoms with van der Waals surface area (Å²) in [6.07, 6.45) is 2.20. The maximum Gasteiger partial charge on any atom is 0.262 e. The molecule has 2 aromatic carbocycles. The molecule has 1 fully saturated rings. The molecule has 7 heteroatoms. The quantitative estimate of drug-likeness (QED) is 0.775. The third-order valence-corrected chi connectivity index (χ3v) is 5.64. The smallest absolute Gasteiger partial charge is 0.262 e. The minimum absolute atomic E-state index is 0.128. The van der Waals surface area contributed by atoms with E-state index >= 15 is 0 Å². The molecule has 2 heterocycles. The standard InChI is InChI=1S/C23H23N3O4/c1-2-19(26-22(29)15-9-3-4-10-16(15)23(26)30)20(27)24-18-12-6-5-11-17(18)21(28)25-13-7-8-14-25/h3-6,9-12,19H,2,7-8,13-14H2,1H3,(H,24,27)/t19-/m1/s1. The predicted octanol–water partition coefficient (Wildman–Crippen LogP) is 2.94. The topological polar surface area (TPSA) is 86.8 Å². The van der Waals surface area contributed by atoms with Crippen molar-refractivity contribution in [3.63, 3.8) is 0 Å². The second-order valence-corrected chi connectivity index (χ2v) is 7.48. The lowest BCUT2D eigenvalue weighted by molar-refractivity contribution is -0.120. The van der Waals surface area contributed by atoms with Crippen molar-refractivity contribution in [1.29, 1.82) is 0 Å². The van der Waals surface area contributed by atoms with Crippen molar-refractivity contribution < 1.29 is 19.2 Å². The Bertz CT molecular complexity index is 992. The third-order valence-electron chi connectivity index (χ3n) is 5.64. The second kappa shape index (κ2) is 8.10. The number of para-hydroxylation sites is 1. The van der Waals surface area contributed by atoms with Crippen LogP contribution in [0.3, 0.4) is 0 Å². The number of carbonyl (C=O) groups excluding carboxylic acids is 4. The summed E-state index contributed by atoms with van der Waals surface area (Å²) in [5, 5.41) is 2.78. The Morgan fingerprint density at radius 2 is 1.50 bits per heavy atom. The van der Waals surface area contributed by atoms with Crippen LogP contribution in [0.2, 0.25) is 0 Å². The van der Waals surface area contributed by atoms with Gasteiger partial charge in [0, 0.05) is 13.1 Å². The summed E-state index contributed by atoms with van der Waals surface area (Å²) in [7, 11) is 0. The van der Waals surface area contributed by atoms with Crippen molar-refractivity contribution >= 4 is 29.3 Å². The van der Waals surface area contributed by atoms with Crippen molar-refractivity contribution in [3.05, 3.63) is 65.2 Å². The molecule has 2 aliphatic heterocycles. The molecule has 0 aliphatic carbocycles. The molecule has 0 saturated carbocycles. The van der Waals surface area contributed by atoms with E-state index in [9.17, 15) is 19.2 Å². The monoisotopic (exact) mass is 405 g/mol. The van der Waals surface area contributed by atoms with Gasteiger partial charge in [-0.25, -0.2) is 0 Å². The average molecular weight is 405 g/mol. The van der Waals surface area contributed by atoms with E-state index in [1.807, 2.05) is 0 Å². The highest BCUT2D eigenvalue weighted by molar-refractivity contribution is 6.23. The van der Waals surface area contributed by atoms with Gasteiger partial charge in [0.2, 0.25) is 5.91 Å². The van der Waals surface area contributed by atoms with Gasteiger partial charge in [0.05, 0.1) is 22.4 Å². The molecule has 4 amide bonds. The molecule has 0 bridgehead atoms. The van der Waals surface area contributed by atoms with E-state index in [1.165, 1.54) is 0 Å². The lowest BCUT2D eigenvalue weighted by Gasteiger charge is -2.25. The van der Waals surface area contributed by atoms with E-state index in [-0.39, 0.29) is 12.3 Å². The third kappa shape index (κ3) is 3.36. The highest BCUT2D eigenvalue weighted by atomic mass is 16.2. The molecule has 2 aromatic rings. The molecule has 1 saturated heterocycles. The van der Waals surface area contributed by atoms with Crippen LogP contribution >= 0.6 is 0 Å². The van der Waals surface area contributed by atoms with Crippen molar-refractivity contribution in [2.24, 2.45) is 0 Å². The van der Waals surface area contributed by atoms with Crippen LogP contribution in [0.1, 0.15) is 57.3 Å². The summed E-state index contributed by atoms with van der Waals surface area (Å²) in [5.41, 5.74) is 1.40. The van der Waals surface area contributed by atoms with Crippen LogP contribution in [-0.4, -0.2) is 52.6 Å². The van der Waals surface area contributed by atoms with Gasteiger partial charge in [-0.1, -0.05) is 31.2 Å². The number of likely N-dealkylation sites (tertiary alicyclic amines) is 1. The van der Waals surface area contributed by atoms with Gasteiger partial charge in [-0.05, 0) is 43.5 Å². The maximum atomic E-state index is 13.1. The number of nitrogens with zero attached hydrogens (tertiary/aromatic N) is 2. The highest BCUT2D eigenvalue weighted by Gasteiger charge is 2.42. The Balaban J connectivity index is 1.57. The molecule has 7 nitrogen and oxygen atoms in total. The van der Waals surface area contributed by atoms with Gasteiger partial charge >= 0.3 is 0 Å². The van der Waals surface area contributed by atoms with Gasteiger partial charge < -0.3 is 10.2 Å². The number of fused-ring (bicyclic) bond motifs is 1. The van der Waals surface area contributed by atoms with Crippen molar-refractivity contribution in [2.45, 2.75) is 32.2 Å². The fourth-order valence-electron chi connectivity index (χ4n) is 4.06. The predicted molar refractivity (Wildman–Crippen MR) is 111 cm³/mol. The number of imide groups is 1. The summed E-state index contributed by atoms with van der Waals surface area (Å²) in [5.74, 6) is -1.57. The number of hydrogen-bond acceptors (Lipinski definition) is 4. The van der Waals surface area contributed by atoms with Crippen molar-refractivity contribution in [1.82, 2.24) is 9.80 Å². The Labute approximate surface area is 174 Å². The minimum Gasteiger partial charge on any atom is -0.339 e. The molecule has 0 spiro atoms. The summed E-state index contributed by atoms with van der Waals surface area (Å²) in [4.78, 5) is 54.3. The summed E-state index contributed by atoms with van der Waals surface area (Å²) >= 11 is 0. The molecule has 154 valence electrons. The van der Waals surface area contributed by atoms with Crippen LogP contribution in [0.25, 0.3) is 0 Å². The van der Waals surface area contributed by atoms with Gasteiger partial charge in [0.15, 0.2) is 0 Å². The zero-order chi connectivity index (χ0) is 21.3. The second-order valence-electron chi connectivity index (χ2n) is 7.48. The van der Waals surface area contributed by atoms with E-state index in [0.29, 0.717) is 35.5 Å². The lowest BCUT2D eigenvalue weighted by Crippen LogP contribution is -2.47. The van der Waals surface area contributed by atoms with Crippen LogP contribution in [0, 0.1) is 0 Å². The fraction of sp³-hybridized carbons (Fsp3) is 0.304. The number of carbonyl (C=O) groups is 4. The van der Waals surface area contributed by atoms with Gasteiger partial charge in [0.1, 0.15) is 6.04 Å². The molecular weight excluding hydrogens is 382 g/mol. The Morgan fingerprint density at radius 1 is 0.933 bits per heavy atom. The van der Waals surface area contributed by atoms with E-state index in [1.54, 1.807) is 60.4 Å². The molecular formula is C23H23N3O4. The van der Waals surface area contributed by atoms with Crippen LogP contribution in [0.5, 0.6) is 0 Å². The largest absolute Gasteiger partial charge is 0.339 e. The van der Waals surface area contributed by atoms with Crippen molar-refractivity contribution in [2.75, 3.05) is 18.4 Å². The number of hydrogen-bond donors (Lipinski definition) is 1. The molecule has 30 heavy (non-hydrogen) atoms. The first kappa shape index (κ1) is 19.8. The first-order valence-corrected chi connectivity index (χ1v) is 10.2. The van der Waals surface area contributed by atoms with Crippen LogP contribution in [0.4, 0.5) is 5.69 Å². The van der Waals surface area contributed by atoms with E-state index < -0.39 is 23.8 Å². The van der Waals surface area contributed by atoms with E-state index in [2.05, 4.69) is 5.32 Å². The number of nitrogens with one attached hydrogen (secondary N) is 1. The highest BCUT2D eigenvalue weighted by Crippen LogP contribution is 2.27. The molecule has 0 aromatic heterocycles. The van der Waals surface area contributed by atoms with Gasteiger partial charge in [-0.2, -0.15) is 0 Å². The molecule has 0 radical (unpaired) electrons. The fourth-order valence-corrected chi connectivity index (χ4v) is 4.06. The number of rotatable bonds is 5. The van der Waals surface area contributed by atoms with Gasteiger partial charge in [-0.15, -0.1) is 0 Å². The maximum absolute atomic E-state index is 13.1. The first-order valence-electron chi connectivity index (χ1n) is 10.2. The van der Waals surface area contributed by atoms with Gasteiger partial charge in [0.25, 0.3) is 17.7 Å². The minimum atomic E-state index is -0.965. The van der Waals surface area contributed by atoms with Crippen molar-refractivity contribution in [3.8, 4) is 0 Å². The number of benzene rings is 2. The SMILES string of the molecule is CC[C@H](C(=O)Nc1ccccc1C(=O)N1CCCC1)N1C(=O)c2ccccc2C1=O. The van der Waals surface area contributed by atoms with Crippen LogP contribution in [0.15, 0.2) is 48.5 Å². The molecule has 2 aliphatic rings. The zero-order valence-corrected chi connectivity index (χ0v) is 16.8. The molecule has 1 N–H and O–H groups in total. The summed E-state index contributed by atoms with van der Waals surface area (Å²) < 4.78 is 0. The lowest BCUT2D eigenvalue weighted by atomic mass is 10.1. The van der Waals surface area contributed by atoms with Crippen LogP contribution < -0.4 is 5.32 Å². The Kier molecular flexibility index (Phi) is 5.35. The summed E-state index contributed by atoms with van der Waals surface area (Å²) in [6, 6.07) is 12.4. The average Bonchev–Trinajstić information content (AvgIpc) is 3.38. The Morgan fingerprint density at radius 3 is 2.10 bits per heavy atom. The van der Waals surface area contributed by atoms with Gasteiger partial charge in [-0.3, -0.25) is 24.1 Å². The molecule has 0 unspecified atom stereocenters. The summed E-state index contributed by atoms with van der Waals surface area (Å²) in [6.45, 7) is 3.15. The van der Waals surface area contributed by atoms with Crippen LogP contribution in [-0.2, 0) is 4.79 Å². The van der Waals surface area contributed by atoms with E-state index in [0.717, 1.165) is 17.7 Å². The number of anilines is 1.